The first-order valence-electron chi connectivity index (χ1n) is 8.45. The summed E-state index contributed by atoms with van der Waals surface area (Å²) in [6.45, 7) is 8.74. The molecule has 0 aliphatic carbocycles. The summed E-state index contributed by atoms with van der Waals surface area (Å²) in [5, 5.41) is 9.75. The fraction of sp³-hybridized carbons (Fsp3) is 0.611. The lowest BCUT2D eigenvalue weighted by Gasteiger charge is -2.23. The third kappa shape index (κ3) is 7.01. The Morgan fingerprint density at radius 3 is 2.65 bits per heavy atom. The van der Waals surface area contributed by atoms with E-state index in [1.807, 2.05) is 45.0 Å². The van der Waals surface area contributed by atoms with Crippen LogP contribution < -0.4 is 16.0 Å². The van der Waals surface area contributed by atoms with E-state index in [0.29, 0.717) is 6.04 Å². The van der Waals surface area contributed by atoms with Crippen molar-refractivity contribution in [2.75, 3.05) is 25.0 Å². The minimum atomic E-state index is -0.482. The van der Waals surface area contributed by atoms with E-state index in [0.717, 1.165) is 31.7 Å². The van der Waals surface area contributed by atoms with E-state index in [2.05, 4.69) is 16.0 Å². The van der Waals surface area contributed by atoms with Crippen LogP contribution in [0.2, 0.25) is 0 Å². The largest absolute Gasteiger partial charge is 0.444 e. The van der Waals surface area contributed by atoms with Crippen LogP contribution in [0, 0.1) is 0 Å². The highest BCUT2D eigenvalue weighted by molar-refractivity contribution is 5.84. The molecule has 1 amide bonds. The van der Waals surface area contributed by atoms with Crippen LogP contribution in [-0.2, 0) is 11.2 Å². The van der Waals surface area contributed by atoms with E-state index in [4.69, 9.17) is 4.74 Å². The molecular weight excluding hydrogens is 290 g/mol. The van der Waals surface area contributed by atoms with Crippen molar-refractivity contribution in [3.05, 3.63) is 29.8 Å². The lowest BCUT2D eigenvalue weighted by molar-refractivity contribution is 0.0636. The van der Waals surface area contributed by atoms with Crippen LogP contribution in [0.3, 0.4) is 0 Å². The van der Waals surface area contributed by atoms with E-state index in [1.54, 1.807) is 0 Å². The number of anilines is 1. The number of nitrogens with one attached hydrogen (secondary N) is 3. The lowest BCUT2D eigenvalue weighted by atomic mass is 10.1. The molecule has 1 atom stereocenters. The maximum absolute atomic E-state index is 11.7. The highest BCUT2D eigenvalue weighted by Gasteiger charge is 2.16. The van der Waals surface area contributed by atoms with Gasteiger partial charge in [-0.05, 0) is 70.8 Å². The number of amides is 1. The van der Waals surface area contributed by atoms with Crippen LogP contribution >= 0.6 is 0 Å². The quantitative estimate of drug-likeness (QED) is 0.781. The normalized spacial score (nSPS) is 18.5. The second kappa shape index (κ2) is 8.31. The van der Waals surface area contributed by atoms with Gasteiger partial charge in [0.15, 0.2) is 0 Å². The van der Waals surface area contributed by atoms with Crippen molar-refractivity contribution in [2.24, 2.45) is 0 Å². The Morgan fingerprint density at radius 2 is 2.04 bits per heavy atom. The number of ether oxygens (including phenoxy) is 1. The highest BCUT2D eigenvalue weighted by atomic mass is 16.6. The van der Waals surface area contributed by atoms with Gasteiger partial charge >= 0.3 is 6.09 Å². The number of rotatable bonds is 5. The van der Waals surface area contributed by atoms with Crippen LogP contribution in [0.25, 0.3) is 0 Å². The van der Waals surface area contributed by atoms with Crippen molar-refractivity contribution in [1.29, 1.82) is 0 Å². The zero-order valence-electron chi connectivity index (χ0n) is 14.4. The molecule has 1 unspecified atom stereocenters. The second-order valence-corrected chi connectivity index (χ2v) is 7.07. The van der Waals surface area contributed by atoms with Crippen molar-refractivity contribution in [3.63, 3.8) is 0 Å². The zero-order chi connectivity index (χ0) is 16.7. The van der Waals surface area contributed by atoms with Gasteiger partial charge in [-0.1, -0.05) is 12.1 Å². The van der Waals surface area contributed by atoms with Crippen LogP contribution in [-0.4, -0.2) is 37.4 Å². The van der Waals surface area contributed by atoms with Crippen LogP contribution in [0.15, 0.2) is 24.3 Å². The van der Waals surface area contributed by atoms with Crippen molar-refractivity contribution < 1.29 is 9.53 Å². The molecule has 23 heavy (non-hydrogen) atoms. The van der Waals surface area contributed by atoms with Gasteiger partial charge in [0, 0.05) is 18.3 Å². The minimum Gasteiger partial charge on any atom is -0.444 e. The van der Waals surface area contributed by atoms with Crippen LogP contribution in [0.4, 0.5) is 10.5 Å². The molecule has 1 aromatic carbocycles. The van der Waals surface area contributed by atoms with E-state index < -0.39 is 11.7 Å². The molecule has 5 nitrogen and oxygen atoms in total. The van der Waals surface area contributed by atoms with Crippen molar-refractivity contribution in [2.45, 2.75) is 51.7 Å². The SMILES string of the molecule is CC(C)(C)OC(=O)Nc1ccc(CCNC2CCCNC2)cc1. The molecule has 5 heteroatoms. The van der Waals surface area contributed by atoms with Gasteiger partial charge in [0.2, 0.25) is 0 Å². The Balaban J connectivity index is 1.72. The average molecular weight is 319 g/mol. The maximum atomic E-state index is 11.7. The molecule has 0 saturated carbocycles. The molecule has 0 bridgehead atoms. The monoisotopic (exact) mass is 319 g/mol. The van der Waals surface area contributed by atoms with Gasteiger partial charge in [-0.3, -0.25) is 5.32 Å². The molecule has 0 radical (unpaired) electrons. The number of hydrogen-bond donors (Lipinski definition) is 3. The Kier molecular flexibility index (Phi) is 6.42. The minimum absolute atomic E-state index is 0.420. The third-order valence-electron chi connectivity index (χ3n) is 3.74. The van der Waals surface area contributed by atoms with Gasteiger partial charge in [-0.25, -0.2) is 4.79 Å². The summed E-state index contributed by atoms with van der Waals surface area (Å²) in [5.41, 5.74) is 1.53. The van der Waals surface area contributed by atoms with E-state index >= 15 is 0 Å². The predicted molar refractivity (Wildman–Crippen MR) is 93.9 cm³/mol. The molecule has 2 rings (SSSR count). The van der Waals surface area contributed by atoms with E-state index in [1.165, 1.54) is 18.4 Å². The third-order valence-corrected chi connectivity index (χ3v) is 3.74. The second-order valence-electron chi connectivity index (χ2n) is 7.07. The summed E-state index contributed by atoms with van der Waals surface area (Å²) < 4.78 is 5.24. The predicted octanol–water partition coefficient (Wildman–Crippen LogP) is 2.92. The fourth-order valence-corrected chi connectivity index (χ4v) is 2.62. The standard InChI is InChI=1S/C18H29N3O2/c1-18(2,3)23-17(22)21-15-8-6-14(7-9-15)10-12-20-16-5-4-11-19-13-16/h6-9,16,19-20H,4-5,10-13H2,1-3H3,(H,21,22). The Morgan fingerprint density at radius 1 is 1.30 bits per heavy atom. The summed E-state index contributed by atoms with van der Waals surface area (Å²) in [5.74, 6) is 0. The van der Waals surface area contributed by atoms with E-state index in [9.17, 15) is 4.79 Å². The molecule has 1 saturated heterocycles. The van der Waals surface area contributed by atoms with Crippen molar-refractivity contribution in [3.8, 4) is 0 Å². The first kappa shape index (κ1) is 17.8. The molecule has 1 aromatic rings. The number of carbonyl (C=O) groups excluding carboxylic acids is 1. The van der Waals surface area contributed by atoms with Gasteiger partial charge in [0.1, 0.15) is 5.60 Å². The molecule has 0 aromatic heterocycles. The Hall–Kier alpha value is -1.59. The molecular formula is C18H29N3O2. The average Bonchev–Trinajstić information content (AvgIpc) is 2.48. The van der Waals surface area contributed by atoms with Gasteiger partial charge in [-0.2, -0.15) is 0 Å². The number of benzene rings is 1. The maximum Gasteiger partial charge on any atom is 0.412 e. The summed E-state index contributed by atoms with van der Waals surface area (Å²) in [6.07, 6.45) is 3.08. The number of hydrogen-bond acceptors (Lipinski definition) is 4. The van der Waals surface area contributed by atoms with E-state index in [-0.39, 0.29) is 0 Å². The van der Waals surface area contributed by atoms with Gasteiger partial charge in [-0.15, -0.1) is 0 Å². The van der Waals surface area contributed by atoms with Crippen LogP contribution in [0.5, 0.6) is 0 Å². The van der Waals surface area contributed by atoms with Gasteiger partial charge < -0.3 is 15.4 Å². The topological polar surface area (TPSA) is 62.4 Å². The molecule has 1 heterocycles. The molecule has 1 aliphatic heterocycles. The zero-order valence-corrected chi connectivity index (χ0v) is 14.4. The fourth-order valence-electron chi connectivity index (χ4n) is 2.62. The molecule has 1 fully saturated rings. The molecule has 3 N–H and O–H groups in total. The Bertz CT molecular complexity index is 488. The summed E-state index contributed by atoms with van der Waals surface area (Å²) in [4.78, 5) is 11.7. The van der Waals surface area contributed by atoms with Crippen molar-refractivity contribution >= 4 is 11.8 Å². The number of carbonyl (C=O) groups is 1. The first-order valence-corrected chi connectivity index (χ1v) is 8.45. The molecule has 1 aliphatic rings. The Labute approximate surface area is 139 Å². The molecule has 0 spiro atoms. The van der Waals surface area contributed by atoms with Gasteiger partial charge in [0.25, 0.3) is 0 Å². The lowest BCUT2D eigenvalue weighted by Crippen LogP contribution is -2.43. The molecule has 128 valence electrons. The smallest absolute Gasteiger partial charge is 0.412 e. The summed E-state index contributed by atoms with van der Waals surface area (Å²) in [6, 6.07) is 8.53. The highest BCUT2D eigenvalue weighted by Crippen LogP contribution is 2.13. The van der Waals surface area contributed by atoms with Crippen molar-refractivity contribution in [1.82, 2.24) is 10.6 Å². The summed E-state index contributed by atoms with van der Waals surface area (Å²) in [7, 11) is 0. The summed E-state index contributed by atoms with van der Waals surface area (Å²) >= 11 is 0. The van der Waals surface area contributed by atoms with Crippen LogP contribution in [0.1, 0.15) is 39.2 Å². The number of piperidine rings is 1. The first-order chi connectivity index (χ1) is 10.9. The van der Waals surface area contributed by atoms with Gasteiger partial charge in [0.05, 0.1) is 0 Å².